The maximum Gasteiger partial charge on any atom is 0.342 e. The quantitative estimate of drug-likeness (QED) is 0.339. The van der Waals surface area contributed by atoms with Crippen LogP contribution >= 0.6 is 11.6 Å². The van der Waals surface area contributed by atoms with Gasteiger partial charge in [-0.15, -0.1) is 6.58 Å². The molecule has 0 saturated carbocycles. The highest BCUT2D eigenvalue weighted by molar-refractivity contribution is 6.22. The summed E-state index contributed by atoms with van der Waals surface area (Å²) in [6.45, 7) is 3.57. The first kappa shape index (κ1) is 13.8. The summed E-state index contributed by atoms with van der Waals surface area (Å²) < 4.78 is 4.64. The standard InChI is InChI=1S/C12H16ClNO3/c1-3-4-7-12(16,11(15)17-2)9-6-5-8-14-10(9)13/h3,5-6,8,10,14,16H,1,4,7H2,2H3. The van der Waals surface area contributed by atoms with Gasteiger partial charge in [0.05, 0.1) is 7.11 Å². The van der Waals surface area contributed by atoms with E-state index in [1.54, 1.807) is 24.4 Å². The summed E-state index contributed by atoms with van der Waals surface area (Å²) in [4.78, 5) is 11.7. The zero-order valence-electron chi connectivity index (χ0n) is 9.65. The molecule has 0 amide bonds. The number of halogens is 1. The van der Waals surface area contributed by atoms with Crippen LogP contribution in [0.2, 0.25) is 0 Å². The van der Waals surface area contributed by atoms with Crippen LogP contribution in [0.1, 0.15) is 12.8 Å². The number of ether oxygens (including phenoxy) is 1. The number of aliphatic hydroxyl groups is 1. The number of carbonyl (C=O) groups is 1. The van der Waals surface area contributed by atoms with E-state index in [9.17, 15) is 9.90 Å². The van der Waals surface area contributed by atoms with Crippen molar-refractivity contribution in [2.24, 2.45) is 0 Å². The maximum atomic E-state index is 11.7. The summed E-state index contributed by atoms with van der Waals surface area (Å²) in [6.07, 6.45) is 7.24. The minimum absolute atomic E-state index is 0.188. The van der Waals surface area contributed by atoms with E-state index in [2.05, 4.69) is 16.6 Å². The first-order valence-corrected chi connectivity index (χ1v) is 5.69. The van der Waals surface area contributed by atoms with Gasteiger partial charge in [0.2, 0.25) is 0 Å². The highest BCUT2D eigenvalue weighted by Gasteiger charge is 2.43. The Labute approximate surface area is 106 Å². The van der Waals surface area contributed by atoms with Gasteiger partial charge in [0.15, 0.2) is 5.60 Å². The highest BCUT2D eigenvalue weighted by Crippen LogP contribution is 2.30. The van der Waals surface area contributed by atoms with Gasteiger partial charge in [-0.2, -0.15) is 0 Å². The fraction of sp³-hybridized carbons (Fsp3) is 0.417. The molecule has 1 aliphatic heterocycles. The Morgan fingerprint density at radius 1 is 1.82 bits per heavy atom. The molecule has 1 rings (SSSR count). The average Bonchev–Trinajstić information content (AvgIpc) is 2.35. The normalized spacial score (nSPS) is 22.1. The van der Waals surface area contributed by atoms with Gasteiger partial charge in [0, 0.05) is 5.57 Å². The fourth-order valence-electron chi connectivity index (χ4n) is 1.66. The molecule has 0 spiro atoms. The summed E-state index contributed by atoms with van der Waals surface area (Å²) in [7, 11) is 1.23. The minimum atomic E-state index is -1.72. The van der Waals surface area contributed by atoms with Crippen LogP contribution < -0.4 is 5.32 Å². The topological polar surface area (TPSA) is 58.6 Å². The first-order chi connectivity index (χ1) is 8.06. The lowest BCUT2D eigenvalue weighted by atomic mass is 9.87. The van der Waals surface area contributed by atoms with Crippen LogP contribution in [0.25, 0.3) is 0 Å². The predicted octanol–water partition coefficient (Wildman–Crippen LogP) is 1.46. The maximum absolute atomic E-state index is 11.7. The van der Waals surface area contributed by atoms with Gasteiger partial charge >= 0.3 is 5.97 Å². The van der Waals surface area contributed by atoms with Crippen molar-refractivity contribution < 1.29 is 14.6 Å². The molecule has 0 aromatic rings. The zero-order chi connectivity index (χ0) is 12.9. The molecule has 4 nitrogen and oxygen atoms in total. The Bertz CT molecular complexity index is 365. The van der Waals surface area contributed by atoms with Gasteiger partial charge in [0.25, 0.3) is 0 Å². The Morgan fingerprint density at radius 3 is 3.06 bits per heavy atom. The van der Waals surface area contributed by atoms with Gasteiger partial charge in [-0.05, 0) is 25.1 Å². The summed E-state index contributed by atoms with van der Waals surface area (Å²) in [5.41, 5.74) is -1.96. The lowest BCUT2D eigenvalue weighted by Crippen LogP contribution is -2.47. The van der Waals surface area contributed by atoms with Crippen LogP contribution in [0.15, 0.2) is 36.6 Å². The number of rotatable bonds is 5. The third-order valence-electron chi connectivity index (χ3n) is 2.60. The molecule has 0 aliphatic carbocycles. The Balaban J connectivity index is 3.04. The second-order valence-corrected chi connectivity index (χ2v) is 4.13. The van der Waals surface area contributed by atoms with E-state index in [0.717, 1.165) is 0 Å². The molecule has 1 aliphatic rings. The monoisotopic (exact) mass is 257 g/mol. The Morgan fingerprint density at radius 2 is 2.53 bits per heavy atom. The van der Waals surface area contributed by atoms with Crippen molar-refractivity contribution >= 4 is 17.6 Å². The van der Waals surface area contributed by atoms with Gasteiger partial charge in [-0.3, -0.25) is 0 Å². The number of alkyl halides is 1. The van der Waals surface area contributed by atoms with E-state index in [4.69, 9.17) is 11.6 Å². The summed E-state index contributed by atoms with van der Waals surface area (Å²) >= 11 is 6.02. The molecule has 94 valence electrons. The smallest absolute Gasteiger partial charge is 0.342 e. The van der Waals surface area contributed by atoms with Gasteiger partial charge in [-0.25, -0.2) is 4.79 Å². The van der Waals surface area contributed by atoms with Crippen LogP contribution in [0.3, 0.4) is 0 Å². The molecule has 17 heavy (non-hydrogen) atoms. The largest absolute Gasteiger partial charge is 0.467 e. The van der Waals surface area contributed by atoms with Crippen LogP contribution in [-0.2, 0) is 9.53 Å². The van der Waals surface area contributed by atoms with Crippen molar-refractivity contribution in [2.75, 3.05) is 7.11 Å². The molecule has 2 unspecified atom stereocenters. The van der Waals surface area contributed by atoms with E-state index >= 15 is 0 Å². The predicted molar refractivity (Wildman–Crippen MR) is 66.4 cm³/mol. The van der Waals surface area contributed by atoms with Crippen LogP contribution in [-0.4, -0.2) is 29.3 Å². The molecular formula is C12H16ClNO3. The number of hydrogen-bond donors (Lipinski definition) is 2. The van der Waals surface area contributed by atoms with Crippen LogP contribution in [0.4, 0.5) is 0 Å². The van der Waals surface area contributed by atoms with E-state index in [1.165, 1.54) is 7.11 Å². The summed E-state index contributed by atoms with van der Waals surface area (Å²) in [5, 5.41) is 13.3. The van der Waals surface area contributed by atoms with Crippen molar-refractivity contribution in [1.29, 1.82) is 0 Å². The van der Waals surface area contributed by atoms with Crippen molar-refractivity contribution in [3.63, 3.8) is 0 Å². The molecule has 0 fully saturated rings. The van der Waals surface area contributed by atoms with Crippen molar-refractivity contribution in [3.8, 4) is 0 Å². The van der Waals surface area contributed by atoms with Gasteiger partial charge in [0.1, 0.15) is 5.50 Å². The Kier molecular flexibility index (Phi) is 4.78. The third kappa shape index (κ3) is 2.90. The van der Waals surface area contributed by atoms with Gasteiger partial charge < -0.3 is 15.2 Å². The molecule has 2 N–H and O–H groups in total. The molecule has 0 bridgehead atoms. The first-order valence-electron chi connectivity index (χ1n) is 5.25. The molecule has 0 aromatic carbocycles. The molecule has 0 aromatic heterocycles. The van der Waals surface area contributed by atoms with Crippen molar-refractivity contribution in [3.05, 3.63) is 36.6 Å². The number of carbonyl (C=O) groups excluding carboxylic acids is 1. The number of nitrogens with one attached hydrogen (secondary N) is 1. The number of dihydropyridines is 1. The van der Waals surface area contributed by atoms with Gasteiger partial charge in [-0.1, -0.05) is 23.8 Å². The fourth-order valence-corrected chi connectivity index (χ4v) is 1.98. The highest BCUT2D eigenvalue weighted by atomic mass is 35.5. The molecule has 0 radical (unpaired) electrons. The minimum Gasteiger partial charge on any atom is -0.467 e. The van der Waals surface area contributed by atoms with Crippen LogP contribution in [0, 0.1) is 0 Å². The molecular weight excluding hydrogens is 242 g/mol. The number of hydrogen-bond acceptors (Lipinski definition) is 4. The van der Waals surface area contributed by atoms with E-state index < -0.39 is 17.1 Å². The third-order valence-corrected chi connectivity index (χ3v) is 2.96. The number of allylic oxidation sites excluding steroid dienone is 3. The number of esters is 1. The summed E-state index contributed by atoms with van der Waals surface area (Å²) in [6, 6.07) is 0. The molecule has 0 saturated heterocycles. The summed E-state index contributed by atoms with van der Waals surface area (Å²) in [5.74, 6) is -0.714. The second kappa shape index (κ2) is 5.89. The molecule has 5 heteroatoms. The van der Waals surface area contributed by atoms with E-state index in [1.807, 2.05) is 0 Å². The molecule has 1 heterocycles. The molecule has 2 atom stereocenters. The van der Waals surface area contributed by atoms with E-state index in [-0.39, 0.29) is 6.42 Å². The van der Waals surface area contributed by atoms with E-state index in [0.29, 0.717) is 12.0 Å². The van der Waals surface area contributed by atoms with Crippen LogP contribution in [0.5, 0.6) is 0 Å². The zero-order valence-corrected chi connectivity index (χ0v) is 10.4. The van der Waals surface area contributed by atoms with Crippen molar-refractivity contribution in [2.45, 2.75) is 23.9 Å². The Hall–Kier alpha value is -1.26. The average molecular weight is 258 g/mol. The second-order valence-electron chi connectivity index (χ2n) is 3.69. The van der Waals surface area contributed by atoms with Crippen molar-refractivity contribution in [1.82, 2.24) is 5.32 Å². The number of methoxy groups -OCH3 is 1. The lowest BCUT2D eigenvalue weighted by Gasteiger charge is -2.31. The lowest BCUT2D eigenvalue weighted by molar-refractivity contribution is -0.159. The SMILES string of the molecule is C=CCCC(O)(C(=O)OC)C1=CC=CNC1Cl.